The number of rotatable bonds is 2. The minimum absolute atomic E-state index is 0.204. The molecule has 1 aromatic carbocycles. The summed E-state index contributed by atoms with van der Waals surface area (Å²) in [7, 11) is 0. The molecule has 2 amide bonds. The van der Waals surface area contributed by atoms with Crippen molar-refractivity contribution in [1.29, 1.82) is 0 Å². The maximum atomic E-state index is 11.7. The Kier molecular flexibility index (Phi) is 4.03. The summed E-state index contributed by atoms with van der Waals surface area (Å²) in [5.41, 5.74) is 0.0138. The molecule has 0 aliphatic rings. The summed E-state index contributed by atoms with van der Waals surface area (Å²) in [6.07, 6.45) is 0. The van der Waals surface area contributed by atoms with E-state index in [2.05, 4.69) is 20.8 Å². The number of benzene rings is 1. The quantitative estimate of drug-likeness (QED) is 0.796. The van der Waals surface area contributed by atoms with Gasteiger partial charge in [-0.2, -0.15) is 5.10 Å². The van der Waals surface area contributed by atoms with Crippen LogP contribution >= 0.6 is 23.2 Å². The zero-order valence-corrected chi connectivity index (χ0v) is 10.9. The Labute approximate surface area is 117 Å². The zero-order chi connectivity index (χ0) is 13.8. The average molecular weight is 299 g/mol. The lowest BCUT2D eigenvalue weighted by atomic mass is 10.3. The average Bonchev–Trinajstić information content (AvgIpc) is 2.38. The van der Waals surface area contributed by atoms with Crippen LogP contribution in [0.4, 0.5) is 16.3 Å². The fourth-order valence-corrected chi connectivity index (χ4v) is 1.63. The monoisotopic (exact) mass is 298 g/mol. The van der Waals surface area contributed by atoms with Gasteiger partial charge in [-0.25, -0.2) is 9.89 Å². The number of hydrogen-bond donors (Lipinski definition) is 3. The van der Waals surface area contributed by atoms with Crippen molar-refractivity contribution in [3.63, 3.8) is 0 Å². The molecular weight excluding hydrogens is 291 g/mol. The molecule has 0 aliphatic heterocycles. The minimum Gasteiger partial charge on any atom is -0.306 e. The number of aromatic amines is 1. The maximum Gasteiger partial charge on any atom is 0.324 e. The van der Waals surface area contributed by atoms with Gasteiger partial charge in [-0.05, 0) is 18.2 Å². The van der Waals surface area contributed by atoms with E-state index in [1.54, 1.807) is 18.2 Å². The smallest absolute Gasteiger partial charge is 0.306 e. The lowest BCUT2D eigenvalue weighted by Gasteiger charge is -2.08. The van der Waals surface area contributed by atoms with Gasteiger partial charge in [0.05, 0.1) is 15.7 Å². The second kappa shape index (κ2) is 5.73. The molecule has 6 nitrogen and oxygen atoms in total. The molecule has 0 atom stereocenters. The first kappa shape index (κ1) is 13.4. The highest BCUT2D eigenvalue weighted by atomic mass is 35.5. The van der Waals surface area contributed by atoms with Crippen molar-refractivity contribution in [3.05, 3.63) is 50.7 Å². The molecule has 0 radical (unpaired) electrons. The van der Waals surface area contributed by atoms with Crippen molar-refractivity contribution in [3.8, 4) is 0 Å². The number of H-pyrrole nitrogens is 1. The van der Waals surface area contributed by atoms with E-state index in [0.717, 1.165) is 0 Å². The van der Waals surface area contributed by atoms with Crippen LogP contribution in [0, 0.1) is 0 Å². The molecular formula is C11H8Cl2N4O2. The highest BCUT2D eigenvalue weighted by Gasteiger charge is 2.08. The van der Waals surface area contributed by atoms with E-state index in [9.17, 15) is 9.59 Å². The van der Waals surface area contributed by atoms with Gasteiger partial charge in [0, 0.05) is 6.07 Å². The molecule has 2 rings (SSSR count). The Hall–Kier alpha value is -2.05. The number of nitrogens with zero attached hydrogens (tertiary/aromatic N) is 1. The van der Waals surface area contributed by atoms with Gasteiger partial charge >= 0.3 is 6.03 Å². The molecule has 2 aromatic rings. The van der Waals surface area contributed by atoms with Gasteiger partial charge in [-0.15, -0.1) is 0 Å². The van der Waals surface area contributed by atoms with Gasteiger partial charge in [0.25, 0.3) is 5.56 Å². The third kappa shape index (κ3) is 3.46. The normalized spacial score (nSPS) is 10.0. The predicted octanol–water partition coefficient (Wildman–Crippen LogP) is 2.72. The number of carbonyl (C=O) groups is 1. The SMILES string of the molecule is O=C(Nc1ccc(=O)[nH]n1)Nc1cccc(Cl)c1Cl. The maximum absolute atomic E-state index is 11.7. The molecule has 1 heterocycles. The van der Waals surface area contributed by atoms with Gasteiger partial charge in [0.15, 0.2) is 5.82 Å². The van der Waals surface area contributed by atoms with Crippen molar-refractivity contribution in [2.24, 2.45) is 0 Å². The molecule has 0 saturated heterocycles. The van der Waals surface area contributed by atoms with E-state index in [1.165, 1.54) is 12.1 Å². The Bertz CT molecular complexity index is 651. The number of aromatic nitrogens is 2. The number of nitrogens with one attached hydrogen (secondary N) is 3. The van der Waals surface area contributed by atoms with E-state index in [0.29, 0.717) is 10.7 Å². The predicted molar refractivity (Wildman–Crippen MR) is 74.0 cm³/mol. The van der Waals surface area contributed by atoms with E-state index in [-0.39, 0.29) is 16.4 Å². The standard InChI is InChI=1S/C11H8Cl2N4O2/c12-6-2-1-3-7(10(6)13)14-11(19)15-8-4-5-9(18)17-16-8/h1-5H,(H,17,18)(H2,14,15,16,19). The van der Waals surface area contributed by atoms with Crippen molar-refractivity contribution in [2.45, 2.75) is 0 Å². The molecule has 98 valence electrons. The summed E-state index contributed by atoms with van der Waals surface area (Å²) >= 11 is 11.7. The van der Waals surface area contributed by atoms with E-state index in [4.69, 9.17) is 23.2 Å². The van der Waals surface area contributed by atoms with Crippen LogP contribution in [0.3, 0.4) is 0 Å². The number of carbonyl (C=O) groups excluding carboxylic acids is 1. The summed E-state index contributed by atoms with van der Waals surface area (Å²) < 4.78 is 0. The lowest BCUT2D eigenvalue weighted by molar-refractivity contribution is 0.262. The van der Waals surface area contributed by atoms with Gasteiger partial charge in [-0.3, -0.25) is 10.1 Å². The summed E-state index contributed by atoms with van der Waals surface area (Å²) in [4.78, 5) is 22.5. The first-order valence-corrected chi connectivity index (χ1v) is 5.89. The second-order valence-electron chi connectivity index (χ2n) is 3.49. The Morgan fingerprint density at radius 3 is 2.63 bits per heavy atom. The van der Waals surface area contributed by atoms with Crippen LogP contribution in [0.2, 0.25) is 10.0 Å². The summed E-state index contributed by atoms with van der Waals surface area (Å²) in [5.74, 6) is 0.204. The first-order valence-electron chi connectivity index (χ1n) is 5.14. The van der Waals surface area contributed by atoms with Crippen LogP contribution in [0.25, 0.3) is 0 Å². The van der Waals surface area contributed by atoms with E-state index >= 15 is 0 Å². The molecule has 19 heavy (non-hydrogen) atoms. The van der Waals surface area contributed by atoms with Gasteiger partial charge in [0.1, 0.15) is 0 Å². The topological polar surface area (TPSA) is 86.9 Å². The largest absolute Gasteiger partial charge is 0.324 e. The molecule has 0 spiro atoms. The van der Waals surface area contributed by atoms with Crippen LogP contribution in [0.1, 0.15) is 0 Å². The number of halogens is 2. The van der Waals surface area contributed by atoms with Crippen LogP contribution in [-0.2, 0) is 0 Å². The molecule has 0 saturated carbocycles. The van der Waals surface area contributed by atoms with Crippen molar-refractivity contribution in [1.82, 2.24) is 10.2 Å². The van der Waals surface area contributed by atoms with Crippen molar-refractivity contribution < 1.29 is 4.79 Å². The summed E-state index contributed by atoms with van der Waals surface area (Å²) in [6.45, 7) is 0. The van der Waals surface area contributed by atoms with Gasteiger partial charge < -0.3 is 5.32 Å². The fourth-order valence-electron chi connectivity index (χ4n) is 1.28. The molecule has 0 fully saturated rings. The number of hydrogen-bond acceptors (Lipinski definition) is 3. The number of amides is 2. The third-order valence-electron chi connectivity index (χ3n) is 2.12. The molecule has 0 aliphatic carbocycles. The highest BCUT2D eigenvalue weighted by molar-refractivity contribution is 6.44. The molecule has 0 bridgehead atoms. The van der Waals surface area contributed by atoms with Crippen LogP contribution in [0.15, 0.2) is 35.1 Å². The van der Waals surface area contributed by atoms with Gasteiger partial charge in [0.2, 0.25) is 0 Å². The van der Waals surface area contributed by atoms with Crippen LogP contribution < -0.4 is 16.2 Å². The molecule has 8 heteroatoms. The summed E-state index contributed by atoms with van der Waals surface area (Å²) in [6, 6.07) is 6.93. The van der Waals surface area contributed by atoms with Crippen molar-refractivity contribution in [2.75, 3.05) is 10.6 Å². The third-order valence-corrected chi connectivity index (χ3v) is 2.94. The molecule has 3 N–H and O–H groups in total. The van der Waals surface area contributed by atoms with Crippen LogP contribution in [0.5, 0.6) is 0 Å². The van der Waals surface area contributed by atoms with Gasteiger partial charge in [-0.1, -0.05) is 29.3 Å². The Morgan fingerprint density at radius 1 is 1.16 bits per heavy atom. The Balaban J connectivity index is 2.07. The molecule has 0 unspecified atom stereocenters. The minimum atomic E-state index is -0.552. The first-order chi connectivity index (χ1) is 9.06. The van der Waals surface area contributed by atoms with Crippen LogP contribution in [-0.4, -0.2) is 16.2 Å². The zero-order valence-electron chi connectivity index (χ0n) is 9.41. The molecule has 1 aromatic heterocycles. The fraction of sp³-hybridized carbons (Fsp3) is 0. The van der Waals surface area contributed by atoms with E-state index < -0.39 is 6.03 Å². The lowest BCUT2D eigenvalue weighted by Crippen LogP contribution is -2.21. The van der Waals surface area contributed by atoms with E-state index in [1.807, 2.05) is 0 Å². The number of anilines is 2. The van der Waals surface area contributed by atoms with Crippen molar-refractivity contribution >= 4 is 40.7 Å². The Morgan fingerprint density at radius 2 is 1.95 bits per heavy atom. The second-order valence-corrected chi connectivity index (χ2v) is 4.27. The highest BCUT2D eigenvalue weighted by Crippen LogP contribution is 2.29. The summed E-state index contributed by atoms with van der Waals surface area (Å²) in [5, 5.41) is 11.4. The number of urea groups is 1.